The van der Waals surface area contributed by atoms with E-state index in [4.69, 9.17) is 11.0 Å². The topological polar surface area (TPSA) is 133 Å². The molecular formula is C16H10N4O3. The first kappa shape index (κ1) is 14.3. The number of rotatable bonds is 2. The van der Waals surface area contributed by atoms with Gasteiger partial charge in [-0.2, -0.15) is 5.26 Å². The first-order chi connectivity index (χ1) is 11.0. The number of fused-ring (bicyclic) bond motifs is 1. The van der Waals surface area contributed by atoms with E-state index in [1.165, 1.54) is 6.07 Å². The van der Waals surface area contributed by atoms with Gasteiger partial charge in [-0.25, -0.2) is 4.98 Å². The maximum atomic E-state index is 12.5. The smallest absolute Gasteiger partial charge is 0.270 e. The minimum atomic E-state index is -0.772. The van der Waals surface area contributed by atoms with E-state index in [9.17, 15) is 14.7 Å². The molecule has 0 spiro atoms. The van der Waals surface area contributed by atoms with Gasteiger partial charge in [-0.15, -0.1) is 0 Å². The number of aromatic amines is 1. The summed E-state index contributed by atoms with van der Waals surface area (Å²) in [5.74, 6) is -0.965. The molecule has 3 rings (SSSR count). The van der Waals surface area contributed by atoms with Crippen LogP contribution in [0.5, 0.6) is 5.88 Å². The van der Waals surface area contributed by atoms with Gasteiger partial charge in [0.15, 0.2) is 5.78 Å². The lowest BCUT2D eigenvalue weighted by Crippen LogP contribution is -2.13. The third-order valence-corrected chi connectivity index (χ3v) is 3.40. The molecule has 2 aromatic heterocycles. The van der Waals surface area contributed by atoms with Crippen molar-refractivity contribution in [2.45, 2.75) is 0 Å². The van der Waals surface area contributed by atoms with Gasteiger partial charge in [-0.05, 0) is 6.07 Å². The van der Waals surface area contributed by atoms with Crippen LogP contribution in [-0.2, 0) is 0 Å². The fourth-order valence-corrected chi connectivity index (χ4v) is 2.27. The summed E-state index contributed by atoms with van der Waals surface area (Å²) < 4.78 is 0. The molecule has 7 heteroatoms. The standard InChI is InChI=1S/C16H10N4O3/c17-7-11-12-9(15(22)20-16(11)23)6-10(14(18)19-12)13(21)8-4-2-1-3-5-8/h1-6H,(H2,18,19)(H2,20,22,23). The van der Waals surface area contributed by atoms with Crippen molar-refractivity contribution in [2.24, 2.45) is 0 Å². The number of ketones is 1. The Bertz CT molecular complexity index is 1030. The zero-order valence-corrected chi connectivity index (χ0v) is 11.7. The molecule has 0 unspecified atom stereocenters. The first-order valence-electron chi connectivity index (χ1n) is 6.58. The predicted octanol–water partition coefficient (Wildman–Crippen LogP) is 1.31. The molecule has 0 aliphatic rings. The number of nitrogens with zero attached hydrogens (tertiary/aromatic N) is 2. The predicted molar refractivity (Wildman–Crippen MR) is 83.0 cm³/mol. The van der Waals surface area contributed by atoms with E-state index in [0.717, 1.165) is 0 Å². The molecule has 2 heterocycles. The molecule has 7 nitrogen and oxygen atoms in total. The number of carbonyl (C=O) groups is 1. The maximum Gasteiger partial charge on any atom is 0.270 e. The lowest BCUT2D eigenvalue weighted by atomic mass is 10.0. The summed E-state index contributed by atoms with van der Waals surface area (Å²) >= 11 is 0. The van der Waals surface area contributed by atoms with E-state index in [2.05, 4.69) is 9.97 Å². The van der Waals surface area contributed by atoms with Gasteiger partial charge >= 0.3 is 0 Å². The van der Waals surface area contributed by atoms with E-state index < -0.39 is 11.4 Å². The third kappa shape index (κ3) is 2.28. The summed E-state index contributed by atoms with van der Waals surface area (Å²) in [5.41, 5.74) is 5.21. The number of pyridine rings is 2. The van der Waals surface area contributed by atoms with Gasteiger partial charge in [-0.3, -0.25) is 14.6 Å². The Kier molecular flexibility index (Phi) is 3.27. The van der Waals surface area contributed by atoms with E-state index in [1.54, 1.807) is 36.4 Å². The Morgan fingerprint density at radius 1 is 1.30 bits per heavy atom. The molecule has 0 fully saturated rings. The van der Waals surface area contributed by atoms with Gasteiger partial charge in [0, 0.05) is 5.56 Å². The second-order valence-electron chi connectivity index (χ2n) is 4.80. The highest BCUT2D eigenvalue weighted by atomic mass is 16.3. The monoisotopic (exact) mass is 306 g/mol. The van der Waals surface area contributed by atoms with E-state index in [0.29, 0.717) is 5.56 Å². The number of nitrogens with two attached hydrogens (primary N) is 1. The van der Waals surface area contributed by atoms with Crippen molar-refractivity contribution in [1.82, 2.24) is 9.97 Å². The van der Waals surface area contributed by atoms with Crippen molar-refractivity contribution >= 4 is 22.5 Å². The van der Waals surface area contributed by atoms with Gasteiger partial charge in [0.2, 0.25) is 5.88 Å². The number of carbonyl (C=O) groups excluding carboxylic acids is 1. The molecule has 0 aliphatic heterocycles. The summed E-state index contributed by atoms with van der Waals surface area (Å²) in [7, 11) is 0. The molecule has 0 amide bonds. The molecule has 112 valence electrons. The Labute approximate surface area is 129 Å². The number of nitrogen functional groups attached to an aromatic ring is 1. The number of H-pyrrole nitrogens is 1. The fraction of sp³-hybridized carbons (Fsp3) is 0. The molecule has 0 aliphatic carbocycles. The number of nitriles is 1. The van der Waals surface area contributed by atoms with Crippen molar-refractivity contribution in [3.63, 3.8) is 0 Å². The number of anilines is 1. The molecule has 23 heavy (non-hydrogen) atoms. The summed E-state index contributed by atoms with van der Waals surface area (Å²) in [6.07, 6.45) is 0. The number of hydrogen-bond acceptors (Lipinski definition) is 6. The number of benzene rings is 1. The minimum absolute atomic E-state index is 0.0455. The van der Waals surface area contributed by atoms with Crippen LogP contribution in [0.25, 0.3) is 10.9 Å². The number of aromatic nitrogens is 2. The summed E-state index contributed by atoms with van der Waals surface area (Å²) in [6, 6.07) is 11.5. The Morgan fingerprint density at radius 3 is 2.65 bits per heavy atom. The molecule has 0 radical (unpaired) electrons. The summed E-state index contributed by atoms with van der Waals surface area (Å²) in [4.78, 5) is 30.3. The summed E-state index contributed by atoms with van der Waals surface area (Å²) in [6.45, 7) is 0. The van der Waals surface area contributed by atoms with Crippen molar-refractivity contribution in [3.05, 3.63) is 63.4 Å². The molecular weight excluding hydrogens is 296 g/mol. The van der Waals surface area contributed by atoms with Crippen molar-refractivity contribution in [3.8, 4) is 11.9 Å². The Morgan fingerprint density at radius 2 is 2.00 bits per heavy atom. The van der Waals surface area contributed by atoms with Gasteiger partial charge in [0.25, 0.3) is 5.56 Å². The summed E-state index contributed by atoms with van der Waals surface area (Å²) in [5, 5.41) is 19.0. The van der Waals surface area contributed by atoms with Gasteiger partial charge in [-0.1, -0.05) is 30.3 Å². The molecule has 3 aromatic rings. The zero-order chi connectivity index (χ0) is 16.6. The van der Waals surface area contributed by atoms with Crippen LogP contribution >= 0.6 is 0 Å². The van der Waals surface area contributed by atoms with E-state index >= 15 is 0 Å². The SMILES string of the molecule is N#Cc1c(=O)[nH]c(O)c2cc(C(=O)c3ccccc3)c(N)nc12. The molecule has 4 N–H and O–H groups in total. The largest absolute Gasteiger partial charge is 0.494 e. The quantitative estimate of drug-likeness (QED) is 0.611. The normalized spacial score (nSPS) is 10.4. The Hall–Kier alpha value is -3.66. The van der Waals surface area contributed by atoms with Crippen LogP contribution in [0, 0.1) is 11.3 Å². The lowest BCUT2D eigenvalue weighted by molar-refractivity contribution is 0.103. The van der Waals surface area contributed by atoms with Gasteiger partial charge in [0.1, 0.15) is 23.0 Å². The molecule has 0 saturated heterocycles. The number of nitrogens with one attached hydrogen (secondary N) is 1. The van der Waals surface area contributed by atoms with Crippen LogP contribution < -0.4 is 11.3 Å². The van der Waals surface area contributed by atoms with Crippen LogP contribution in [-0.4, -0.2) is 20.9 Å². The molecule has 0 saturated carbocycles. The zero-order valence-electron chi connectivity index (χ0n) is 11.7. The number of hydrogen-bond donors (Lipinski definition) is 3. The second-order valence-corrected chi connectivity index (χ2v) is 4.80. The van der Waals surface area contributed by atoms with Gasteiger partial charge in [0.05, 0.1) is 10.9 Å². The van der Waals surface area contributed by atoms with Crippen LogP contribution in [0.2, 0.25) is 0 Å². The fourth-order valence-electron chi connectivity index (χ4n) is 2.27. The highest BCUT2D eigenvalue weighted by molar-refractivity contribution is 6.13. The second kappa shape index (κ2) is 5.27. The lowest BCUT2D eigenvalue weighted by Gasteiger charge is -2.08. The van der Waals surface area contributed by atoms with E-state index in [1.807, 2.05) is 0 Å². The van der Waals surface area contributed by atoms with Crippen LogP contribution in [0.1, 0.15) is 21.5 Å². The maximum absolute atomic E-state index is 12.5. The van der Waals surface area contributed by atoms with Crippen LogP contribution in [0.4, 0.5) is 5.82 Å². The minimum Gasteiger partial charge on any atom is -0.494 e. The molecule has 0 atom stereocenters. The van der Waals surface area contributed by atoms with Crippen LogP contribution in [0.15, 0.2) is 41.2 Å². The van der Waals surface area contributed by atoms with Crippen molar-refractivity contribution in [2.75, 3.05) is 5.73 Å². The Balaban J connectivity index is 2.30. The highest BCUT2D eigenvalue weighted by Crippen LogP contribution is 2.26. The average Bonchev–Trinajstić information content (AvgIpc) is 2.55. The highest BCUT2D eigenvalue weighted by Gasteiger charge is 2.19. The van der Waals surface area contributed by atoms with Gasteiger partial charge < -0.3 is 10.8 Å². The third-order valence-electron chi connectivity index (χ3n) is 3.40. The number of aromatic hydroxyl groups is 1. The first-order valence-corrected chi connectivity index (χ1v) is 6.58. The molecule has 0 bridgehead atoms. The van der Waals surface area contributed by atoms with Crippen molar-refractivity contribution < 1.29 is 9.90 Å². The molecule has 1 aromatic carbocycles. The van der Waals surface area contributed by atoms with E-state index in [-0.39, 0.29) is 33.6 Å². The van der Waals surface area contributed by atoms with Crippen molar-refractivity contribution in [1.29, 1.82) is 5.26 Å². The van der Waals surface area contributed by atoms with Crippen LogP contribution in [0.3, 0.4) is 0 Å². The average molecular weight is 306 g/mol.